The van der Waals surface area contributed by atoms with Crippen molar-refractivity contribution in [1.82, 2.24) is 0 Å². The van der Waals surface area contributed by atoms with Crippen LogP contribution in [0.15, 0.2) is 0 Å². The zero-order chi connectivity index (χ0) is 9.94. The molecule has 0 fully saturated rings. The van der Waals surface area contributed by atoms with Crippen molar-refractivity contribution in [1.29, 1.82) is 0 Å². The van der Waals surface area contributed by atoms with Gasteiger partial charge in [-0.05, 0) is 34.6 Å². The number of Topliss-reactive ketones (excluding diaryl/α,β-unsaturated/α-hetero) is 1. The van der Waals surface area contributed by atoms with Crippen molar-refractivity contribution in [3.63, 3.8) is 0 Å². The Balaban J connectivity index is 4.04. The fraction of sp³-hybridized carbons (Fsp3) is 0.889. The maximum absolute atomic E-state index is 10.9. The lowest BCUT2D eigenvalue weighted by Gasteiger charge is -2.27. The average molecular weight is 173 g/mol. The highest BCUT2D eigenvalue weighted by atomic mass is 16.5. The Bertz CT molecular complexity index is 160. The number of rotatable bonds is 3. The van der Waals surface area contributed by atoms with Gasteiger partial charge in [0, 0.05) is 0 Å². The van der Waals surface area contributed by atoms with Crippen molar-refractivity contribution in [3.8, 4) is 0 Å². The van der Waals surface area contributed by atoms with E-state index in [4.69, 9.17) is 10.5 Å². The third kappa shape index (κ3) is 4.46. The molecule has 0 amide bonds. The van der Waals surface area contributed by atoms with E-state index in [1.54, 1.807) is 0 Å². The molecule has 3 heteroatoms. The first-order chi connectivity index (χ1) is 5.24. The summed E-state index contributed by atoms with van der Waals surface area (Å²) >= 11 is 0. The van der Waals surface area contributed by atoms with E-state index in [2.05, 4.69) is 0 Å². The Kier molecular flexibility index (Phi) is 3.87. The highest BCUT2D eigenvalue weighted by Gasteiger charge is 2.22. The molecule has 0 heterocycles. The fourth-order valence-electron chi connectivity index (χ4n) is 0.962. The molecule has 0 saturated carbocycles. The Hall–Kier alpha value is -0.410. The van der Waals surface area contributed by atoms with Gasteiger partial charge in [-0.1, -0.05) is 0 Å². The zero-order valence-corrected chi connectivity index (χ0v) is 8.55. The van der Waals surface area contributed by atoms with Gasteiger partial charge < -0.3 is 10.5 Å². The number of nitrogens with two attached hydrogens (primary N) is 1. The van der Waals surface area contributed by atoms with Crippen LogP contribution >= 0.6 is 0 Å². The molecule has 0 radical (unpaired) electrons. The number of hydrogen-bond donors (Lipinski definition) is 1. The molecular formula is C9H19NO2. The Morgan fingerprint density at radius 3 is 2.08 bits per heavy atom. The molecule has 0 bridgehead atoms. The van der Waals surface area contributed by atoms with Crippen LogP contribution in [0.4, 0.5) is 0 Å². The van der Waals surface area contributed by atoms with Gasteiger partial charge in [0.05, 0.1) is 17.7 Å². The summed E-state index contributed by atoms with van der Waals surface area (Å²) in [5.41, 5.74) is 5.35. The molecule has 72 valence electrons. The predicted molar refractivity (Wildman–Crippen MR) is 49.0 cm³/mol. The number of carbonyl (C=O) groups is 1. The molecule has 0 aliphatic heterocycles. The first-order valence-electron chi connectivity index (χ1n) is 4.18. The van der Waals surface area contributed by atoms with E-state index in [0.29, 0.717) is 0 Å². The summed E-state index contributed by atoms with van der Waals surface area (Å²) < 4.78 is 5.51. The zero-order valence-electron chi connectivity index (χ0n) is 8.55. The molecule has 2 N–H and O–H groups in total. The minimum absolute atomic E-state index is 0.0354. The second kappa shape index (κ2) is 4.01. The van der Waals surface area contributed by atoms with E-state index in [9.17, 15) is 4.79 Å². The molecular weight excluding hydrogens is 154 g/mol. The highest BCUT2D eigenvalue weighted by Crippen LogP contribution is 2.12. The minimum Gasteiger partial charge on any atom is -0.371 e. The molecule has 12 heavy (non-hydrogen) atoms. The quantitative estimate of drug-likeness (QED) is 0.695. The summed E-state index contributed by atoms with van der Waals surface area (Å²) in [6.45, 7) is 9.12. The third-order valence-corrected chi connectivity index (χ3v) is 1.51. The number of hydrogen-bond acceptors (Lipinski definition) is 3. The maximum atomic E-state index is 10.9. The lowest BCUT2D eigenvalue weighted by Crippen LogP contribution is -2.43. The first kappa shape index (κ1) is 11.6. The maximum Gasteiger partial charge on any atom is 0.149 e. The van der Waals surface area contributed by atoms with E-state index in [0.717, 1.165) is 0 Å². The van der Waals surface area contributed by atoms with E-state index < -0.39 is 6.04 Å². The van der Waals surface area contributed by atoms with Crippen LogP contribution in [-0.2, 0) is 9.53 Å². The van der Waals surface area contributed by atoms with E-state index >= 15 is 0 Å². The van der Waals surface area contributed by atoms with Crippen LogP contribution < -0.4 is 5.73 Å². The van der Waals surface area contributed by atoms with Crippen LogP contribution in [0.5, 0.6) is 0 Å². The second-order valence-electron chi connectivity index (χ2n) is 4.07. The normalized spacial score (nSPS) is 17.2. The van der Waals surface area contributed by atoms with Crippen molar-refractivity contribution in [2.24, 2.45) is 5.73 Å². The predicted octanol–water partition coefficient (Wildman–Crippen LogP) is 1.11. The van der Waals surface area contributed by atoms with E-state index in [1.807, 2.05) is 27.7 Å². The standard InChI is InChI=1S/C9H19NO2/c1-6(11)8(10)7(2)12-9(3,4)5/h7-8H,10H2,1-5H3/t7-,8-/m1/s1. The smallest absolute Gasteiger partial charge is 0.149 e. The third-order valence-electron chi connectivity index (χ3n) is 1.51. The van der Waals surface area contributed by atoms with Crippen LogP contribution in [0.1, 0.15) is 34.6 Å². The topological polar surface area (TPSA) is 52.3 Å². The number of carbonyl (C=O) groups excluding carboxylic acids is 1. The van der Waals surface area contributed by atoms with Gasteiger partial charge in [-0.3, -0.25) is 4.79 Å². The molecule has 0 aliphatic rings. The van der Waals surface area contributed by atoms with Crippen LogP contribution in [0.2, 0.25) is 0 Å². The van der Waals surface area contributed by atoms with Gasteiger partial charge in [-0.2, -0.15) is 0 Å². The van der Waals surface area contributed by atoms with Crippen LogP contribution in [0, 0.1) is 0 Å². The average Bonchev–Trinajstić information content (AvgIpc) is 1.82. The molecule has 0 saturated heterocycles. The Labute approximate surface area is 74.3 Å². The number of ketones is 1. The molecule has 0 unspecified atom stereocenters. The molecule has 3 nitrogen and oxygen atoms in total. The molecule has 0 aromatic carbocycles. The minimum atomic E-state index is -0.510. The van der Waals surface area contributed by atoms with Gasteiger partial charge in [-0.15, -0.1) is 0 Å². The summed E-state index contributed by atoms with van der Waals surface area (Å²) in [7, 11) is 0. The van der Waals surface area contributed by atoms with Gasteiger partial charge in [0.15, 0.2) is 0 Å². The Morgan fingerprint density at radius 1 is 1.42 bits per heavy atom. The van der Waals surface area contributed by atoms with Gasteiger partial charge >= 0.3 is 0 Å². The van der Waals surface area contributed by atoms with Gasteiger partial charge in [0.1, 0.15) is 5.78 Å². The lowest BCUT2D eigenvalue weighted by atomic mass is 10.1. The number of ether oxygens (including phenoxy) is 1. The Morgan fingerprint density at radius 2 is 1.83 bits per heavy atom. The van der Waals surface area contributed by atoms with E-state index in [-0.39, 0.29) is 17.5 Å². The largest absolute Gasteiger partial charge is 0.371 e. The summed E-state index contributed by atoms with van der Waals surface area (Å²) in [4.78, 5) is 10.9. The first-order valence-corrected chi connectivity index (χ1v) is 4.18. The summed E-state index contributed by atoms with van der Waals surface area (Å²) in [5, 5.41) is 0. The molecule has 2 atom stereocenters. The molecule has 0 spiro atoms. The lowest BCUT2D eigenvalue weighted by molar-refractivity contribution is -0.125. The summed E-state index contributed by atoms with van der Waals surface area (Å²) in [5.74, 6) is -0.0354. The molecule has 0 aliphatic carbocycles. The van der Waals surface area contributed by atoms with Crippen molar-refractivity contribution >= 4 is 5.78 Å². The van der Waals surface area contributed by atoms with Crippen molar-refractivity contribution in [2.75, 3.05) is 0 Å². The highest BCUT2D eigenvalue weighted by molar-refractivity contribution is 5.81. The fourth-order valence-corrected chi connectivity index (χ4v) is 0.962. The van der Waals surface area contributed by atoms with Crippen molar-refractivity contribution in [2.45, 2.75) is 52.4 Å². The van der Waals surface area contributed by atoms with Crippen molar-refractivity contribution in [3.05, 3.63) is 0 Å². The van der Waals surface area contributed by atoms with Crippen LogP contribution in [0.25, 0.3) is 0 Å². The van der Waals surface area contributed by atoms with E-state index in [1.165, 1.54) is 6.92 Å². The van der Waals surface area contributed by atoms with Gasteiger partial charge in [0.25, 0.3) is 0 Å². The molecule has 0 rings (SSSR count). The molecule has 0 aromatic rings. The van der Waals surface area contributed by atoms with Crippen LogP contribution in [0.3, 0.4) is 0 Å². The van der Waals surface area contributed by atoms with Crippen LogP contribution in [-0.4, -0.2) is 23.5 Å². The van der Waals surface area contributed by atoms with Gasteiger partial charge in [0.2, 0.25) is 0 Å². The summed E-state index contributed by atoms with van der Waals surface area (Å²) in [6, 6.07) is -0.510. The van der Waals surface area contributed by atoms with Gasteiger partial charge in [-0.25, -0.2) is 0 Å². The monoisotopic (exact) mass is 173 g/mol. The summed E-state index contributed by atoms with van der Waals surface area (Å²) in [6.07, 6.45) is -0.220. The van der Waals surface area contributed by atoms with Crippen molar-refractivity contribution < 1.29 is 9.53 Å². The SMILES string of the molecule is CC(=O)[C@@H](N)[C@@H](C)OC(C)(C)C. The molecule has 0 aromatic heterocycles. The second-order valence-corrected chi connectivity index (χ2v) is 4.07.